The van der Waals surface area contributed by atoms with Crippen molar-refractivity contribution in [3.8, 4) is 33.8 Å². The first-order valence-corrected chi connectivity index (χ1v) is 32.8. The van der Waals surface area contributed by atoms with Crippen molar-refractivity contribution >= 4 is 47.6 Å². The van der Waals surface area contributed by atoms with Crippen LogP contribution in [0.25, 0.3) is 22.3 Å². The molecule has 28 nitrogen and oxygen atoms in total. The molecule has 14 N–H and O–H groups in total. The molecule has 0 radical (unpaired) electrons. The molecule has 2 aliphatic carbocycles. The van der Waals surface area contributed by atoms with Crippen molar-refractivity contribution in [2.75, 3.05) is 72.8 Å². The number of aliphatic hydroxyl groups is 6. The molecular formula is C70H85N9O19. The minimum atomic E-state index is -2.15. The third kappa shape index (κ3) is 16.1. The van der Waals surface area contributed by atoms with Crippen molar-refractivity contribution in [2.24, 2.45) is 11.7 Å². The van der Waals surface area contributed by atoms with Crippen molar-refractivity contribution in [2.45, 2.75) is 124 Å². The maximum absolute atomic E-state index is 15.2. The molecule has 5 aromatic rings. The fourth-order valence-corrected chi connectivity index (χ4v) is 13.6. The standard InChI is InChI=1S/C70H85N9O19/c1-37-33-79-61(62(37)86)66(90)73-32-40(81)30-52(71)63(87)74-58(38(2)80)67(91)78-34-41(82)31-53(78)64(88)75-59(65(89)76-60(68(79)92)55(84)22-23-72-69(93)97-35-50-46-16-8-4-12-42(46)43-13-5-9-17-47(43)50)56(85)28-39-20-21-54(83)57(29-39)96-27-25-77(24-26-95-3)70(94)98-36-51-48-18-10-6-14-44(48)45-15-7-11-19-49(45)51/h4-21,29,37-38,40-41,50-53,55-56,58-62,80-86H,22-28,30-36,71H2,1-3H3,(H,72,93)(H,73,90)(H,74,87)(H,75,88)(H,76,89)/t37-,38+,40+,41+,52?,53-,55+,56+,58-,59-,60-,61-,62-/m0/s1. The van der Waals surface area contributed by atoms with E-state index in [0.29, 0.717) is 0 Å². The van der Waals surface area contributed by atoms with E-state index in [1.54, 1.807) is 0 Å². The van der Waals surface area contributed by atoms with Crippen LogP contribution < -0.4 is 37.1 Å². The van der Waals surface area contributed by atoms with Crippen molar-refractivity contribution in [3.63, 3.8) is 0 Å². The Kier molecular flexibility index (Phi) is 23.3. The number of rotatable bonds is 19. The van der Waals surface area contributed by atoms with Crippen LogP contribution in [0.2, 0.25) is 0 Å². The predicted molar refractivity (Wildman–Crippen MR) is 351 cm³/mol. The number of alkyl carbamates (subject to hydrolysis) is 1. The van der Waals surface area contributed by atoms with E-state index in [9.17, 15) is 64.5 Å². The Hall–Kier alpha value is -9.26. The smallest absolute Gasteiger partial charge is 0.409 e. The van der Waals surface area contributed by atoms with Gasteiger partial charge in [0, 0.05) is 70.4 Å². The molecule has 3 fully saturated rings. The molecular weight excluding hydrogens is 1270 g/mol. The van der Waals surface area contributed by atoms with Crippen LogP contribution in [0.15, 0.2) is 115 Å². The molecule has 10 rings (SSSR count). The highest BCUT2D eigenvalue weighted by Crippen LogP contribution is 2.46. The second-order valence-electron chi connectivity index (χ2n) is 25.6. The number of nitrogens with zero attached hydrogens (tertiary/aromatic N) is 3. The van der Waals surface area contributed by atoms with Crippen LogP contribution in [0.4, 0.5) is 9.59 Å². The normalized spacial score (nSPS) is 24.8. The van der Waals surface area contributed by atoms with E-state index in [0.717, 1.165) is 61.2 Å². The molecule has 5 aromatic carbocycles. The number of hydrogen-bond acceptors (Lipinski definition) is 20. The number of amides is 8. The first-order valence-electron chi connectivity index (χ1n) is 32.8. The van der Waals surface area contributed by atoms with E-state index in [2.05, 4.69) is 26.6 Å². The summed E-state index contributed by atoms with van der Waals surface area (Å²) in [5.41, 5.74) is 14.3. The van der Waals surface area contributed by atoms with Gasteiger partial charge in [-0.05, 0) is 82.0 Å². The molecule has 98 heavy (non-hydrogen) atoms. The summed E-state index contributed by atoms with van der Waals surface area (Å²) in [7, 11) is 1.47. The van der Waals surface area contributed by atoms with Crippen LogP contribution >= 0.6 is 0 Å². The van der Waals surface area contributed by atoms with Gasteiger partial charge in [-0.1, -0.05) is 110 Å². The zero-order chi connectivity index (χ0) is 70.1. The number of β-amino-alcohol motifs (C(OH)–C–C–N with tert-alkyl or cyclic N) is 1. The number of methoxy groups -OCH3 is 1. The van der Waals surface area contributed by atoms with Gasteiger partial charge in [-0.2, -0.15) is 0 Å². The topological polar surface area (TPSA) is 411 Å². The molecule has 8 amide bonds. The molecule has 1 unspecified atom stereocenters. The summed E-state index contributed by atoms with van der Waals surface area (Å²) in [5, 5.41) is 92.4. The number of nitrogens with two attached hydrogens (primary N) is 1. The van der Waals surface area contributed by atoms with Gasteiger partial charge in [0.05, 0.1) is 55.8 Å². The van der Waals surface area contributed by atoms with Gasteiger partial charge >= 0.3 is 12.2 Å². The number of carbonyl (C=O) groups excluding carboxylic acids is 8. The second kappa shape index (κ2) is 32.0. The van der Waals surface area contributed by atoms with Crippen LogP contribution in [0, 0.1) is 5.92 Å². The van der Waals surface area contributed by atoms with Crippen molar-refractivity contribution in [3.05, 3.63) is 143 Å². The Morgan fingerprint density at radius 1 is 0.653 bits per heavy atom. The van der Waals surface area contributed by atoms with Gasteiger partial charge in [0.1, 0.15) is 50.0 Å². The van der Waals surface area contributed by atoms with E-state index >= 15 is 9.59 Å². The Bertz CT molecular complexity index is 3640. The summed E-state index contributed by atoms with van der Waals surface area (Å²) < 4.78 is 22.9. The minimum absolute atomic E-state index is 0.0354. The minimum Gasteiger partial charge on any atom is -0.504 e. The van der Waals surface area contributed by atoms with E-state index in [1.807, 2.05) is 97.1 Å². The summed E-state index contributed by atoms with van der Waals surface area (Å²) in [4.78, 5) is 118. The number of aliphatic hydroxyl groups excluding tert-OH is 6. The highest BCUT2D eigenvalue weighted by Gasteiger charge is 2.50. The fourth-order valence-electron chi connectivity index (χ4n) is 13.6. The first-order chi connectivity index (χ1) is 47.0. The second-order valence-corrected chi connectivity index (χ2v) is 25.6. The van der Waals surface area contributed by atoms with Crippen LogP contribution in [-0.2, 0) is 49.4 Å². The summed E-state index contributed by atoms with van der Waals surface area (Å²) in [6.07, 6.45) is -13.7. The van der Waals surface area contributed by atoms with Crippen molar-refractivity contribution in [1.82, 2.24) is 41.3 Å². The number of carbonyl (C=O) groups is 8. The lowest BCUT2D eigenvalue weighted by molar-refractivity contribution is -0.147. The van der Waals surface area contributed by atoms with Crippen LogP contribution in [0.3, 0.4) is 0 Å². The highest BCUT2D eigenvalue weighted by molar-refractivity contribution is 5.98. The maximum atomic E-state index is 15.2. The largest absolute Gasteiger partial charge is 0.504 e. The summed E-state index contributed by atoms with van der Waals surface area (Å²) >= 11 is 0. The summed E-state index contributed by atoms with van der Waals surface area (Å²) in [6, 6.07) is 24.1. The lowest BCUT2D eigenvalue weighted by Crippen LogP contribution is -2.64. The Morgan fingerprint density at radius 3 is 1.80 bits per heavy atom. The SMILES string of the molecule is COCCN(CCOc1cc(C[C@@H](O)[C@@H]2NC(=O)[C@@H]3C[C@@H](O)CN3C(=O)[C@H]([C@@H](C)O)NC(=O)C(N)C[C@@H](O)CNC(=O)[C@@H]3[C@@H](O)[C@@H](C)CN3C(=O)[C@H]([C@H](O)CCNC(=O)OCC3c4ccccc4-c4ccccc43)NC2=O)ccc1O)C(=O)OCC1c2ccccc2-c2ccccc21. The average Bonchev–Trinajstić information content (AvgIpc) is 1.63. The van der Waals surface area contributed by atoms with Gasteiger partial charge < -0.3 is 102 Å². The first kappa shape index (κ1) is 71.5. The third-order valence-electron chi connectivity index (χ3n) is 18.8. The van der Waals surface area contributed by atoms with Gasteiger partial charge in [0.2, 0.25) is 35.4 Å². The van der Waals surface area contributed by atoms with Gasteiger partial charge in [0.25, 0.3) is 0 Å². The Balaban J connectivity index is 0.900. The lowest BCUT2D eigenvalue weighted by Gasteiger charge is -2.34. The molecule has 28 heteroatoms. The molecule has 0 saturated carbocycles. The molecule has 0 spiro atoms. The van der Waals surface area contributed by atoms with E-state index in [1.165, 1.54) is 37.1 Å². The van der Waals surface area contributed by atoms with Crippen LogP contribution in [-0.4, -0.2) is 244 Å². The molecule has 0 bridgehead atoms. The number of nitrogens with one attached hydrogen (secondary N) is 5. The molecule has 524 valence electrons. The average molecular weight is 1360 g/mol. The monoisotopic (exact) mass is 1360 g/mol. The van der Waals surface area contributed by atoms with E-state index < -0.39 is 165 Å². The number of aromatic hydroxyl groups is 1. The van der Waals surface area contributed by atoms with Crippen molar-refractivity contribution < 1.29 is 93.0 Å². The zero-order valence-electron chi connectivity index (χ0n) is 54.5. The van der Waals surface area contributed by atoms with Gasteiger partial charge in [0.15, 0.2) is 11.5 Å². The Labute approximate surface area is 565 Å². The van der Waals surface area contributed by atoms with Gasteiger partial charge in [-0.25, -0.2) is 9.59 Å². The molecule has 3 aliphatic heterocycles. The number of phenols is 1. The van der Waals surface area contributed by atoms with Gasteiger partial charge in [-0.15, -0.1) is 0 Å². The van der Waals surface area contributed by atoms with Gasteiger partial charge in [-0.3, -0.25) is 28.8 Å². The molecule has 3 saturated heterocycles. The highest BCUT2D eigenvalue weighted by atomic mass is 16.6. The number of phenolic OH excluding ortho intramolecular Hbond substituents is 1. The van der Waals surface area contributed by atoms with E-state index in [4.69, 9.17) is 24.7 Å². The molecule has 0 aromatic heterocycles. The molecule has 13 atom stereocenters. The Morgan fingerprint density at radius 2 is 1.20 bits per heavy atom. The molecule has 5 aliphatic rings. The van der Waals surface area contributed by atoms with Crippen LogP contribution in [0.5, 0.6) is 11.5 Å². The third-order valence-corrected chi connectivity index (χ3v) is 18.8. The maximum Gasteiger partial charge on any atom is 0.409 e. The van der Waals surface area contributed by atoms with E-state index in [-0.39, 0.29) is 81.5 Å². The quantitative estimate of drug-likeness (QED) is 0.0520. The predicted octanol–water partition coefficient (Wildman–Crippen LogP) is 0.0745. The lowest BCUT2D eigenvalue weighted by atomic mass is 9.98. The summed E-state index contributed by atoms with van der Waals surface area (Å²) in [5.74, 6) is -8.64. The number of ether oxygens (including phenoxy) is 4. The van der Waals surface area contributed by atoms with Crippen molar-refractivity contribution in [1.29, 1.82) is 0 Å². The number of benzene rings is 5. The molecule has 3 heterocycles. The fraction of sp³-hybridized carbons (Fsp3) is 0.457. The van der Waals surface area contributed by atoms with Crippen LogP contribution in [0.1, 0.15) is 72.8 Å². The summed E-state index contributed by atoms with van der Waals surface area (Å²) in [6.45, 7) is 0.785. The number of fused-ring (bicyclic) bond motifs is 8. The number of hydrogen-bond donors (Lipinski definition) is 13. The zero-order valence-corrected chi connectivity index (χ0v) is 54.5.